The first-order valence-corrected chi connectivity index (χ1v) is 7.96. The van der Waals surface area contributed by atoms with Gasteiger partial charge in [-0.1, -0.05) is 30.3 Å². The van der Waals surface area contributed by atoms with Crippen LogP contribution in [0.5, 0.6) is 11.5 Å². The molecule has 5 nitrogen and oxygen atoms in total. The van der Waals surface area contributed by atoms with Gasteiger partial charge in [0.1, 0.15) is 11.5 Å². The molecular formula is C20H18N2O3. The summed E-state index contributed by atoms with van der Waals surface area (Å²) >= 11 is 0. The lowest BCUT2D eigenvalue weighted by Gasteiger charge is -2.05. The van der Waals surface area contributed by atoms with Gasteiger partial charge in [0.2, 0.25) is 0 Å². The molecule has 0 heterocycles. The van der Waals surface area contributed by atoms with Crippen LogP contribution in [0, 0.1) is 0 Å². The first-order valence-electron chi connectivity index (χ1n) is 7.96. The number of phenols is 1. The zero-order valence-electron chi connectivity index (χ0n) is 13.8. The third-order valence-electron chi connectivity index (χ3n) is 3.73. The molecule has 3 rings (SSSR count). The average molecular weight is 334 g/mol. The molecule has 0 spiro atoms. The summed E-state index contributed by atoms with van der Waals surface area (Å²) in [5, 5.41) is 15.9. The molecule has 25 heavy (non-hydrogen) atoms. The average Bonchev–Trinajstić information content (AvgIpc) is 2.64. The van der Waals surface area contributed by atoms with E-state index in [1.807, 2.05) is 37.3 Å². The Morgan fingerprint density at radius 1 is 1.12 bits per heavy atom. The van der Waals surface area contributed by atoms with E-state index in [4.69, 9.17) is 4.74 Å². The number of hydrazone groups is 1. The Kier molecular flexibility index (Phi) is 4.95. The fraction of sp³-hybridized carbons (Fsp3) is 0.100. The molecule has 1 amide bonds. The Morgan fingerprint density at radius 3 is 2.64 bits per heavy atom. The minimum Gasteiger partial charge on any atom is -0.507 e. The Bertz CT molecular complexity index is 918. The lowest BCUT2D eigenvalue weighted by atomic mass is 10.0. The number of benzene rings is 3. The van der Waals surface area contributed by atoms with E-state index >= 15 is 0 Å². The fourth-order valence-electron chi connectivity index (χ4n) is 2.51. The number of ether oxygens (including phenoxy) is 1. The van der Waals surface area contributed by atoms with E-state index in [-0.39, 0.29) is 11.7 Å². The van der Waals surface area contributed by atoms with Gasteiger partial charge in [0.25, 0.3) is 5.91 Å². The number of amides is 1. The summed E-state index contributed by atoms with van der Waals surface area (Å²) in [4.78, 5) is 12.1. The number of carbonyl (C=O) groups is 1. The van der Waals surface area contributed by atoms with Gasteiger partial charge in [0.15, 0.2) is 0 Å². The van der Waals surface area contributed by atoms with E-state index in [2.05, 4.69) is 10.5 Å². The molecule has 0 bridgehead atoms. The molecule has 0 aliphatic heterocycles. The second-order valence-corrected chi connectivity index (χ2v) is 5.38. The van der Waals surface area contributed by atoms with Crippen molar-refractivity contribution in [1.82, 2.24) is 5.43 Å². The topological polar surface area (TPSA) is 70.9 Å². The van der Waals surface area contributed by atoms with Crippen molar-refractivity contribution in [3.8, 4) is 11.5 Å². The van der Waals surface area contributed by atoms with Gasteiger partial charge in [-0.2, -0.15) is 5.10 Å². The van der Waals surface area contributed by atoms with Crippen molar-refractivity contribution < 1.29 is 14.6 Å². The van der Waals surface area contributed by atoms with E-state index in [1.165, 1.54) is 6.21 Å². The summed E-state index contributed by atoms with van der Waals surface area (Å²) in [7, 11) is 0. The summed E-state index contributed by atoms with van der Waals surface area (Å²) in [6.45, 7) is 2.47. The Balaban J connectivity index is 1.75. The van der Waals surface area contributed by atoms with Crippen LogP contribution in [-0.2, 0) is 0 Å². The number of hydrogen-bond donors (Lipinski definition) is 2. The molecule has 2 N–H and O–H groups in total. The lowest BCUT2D eigenvalue weighted by Crippen LogP contribution is -2.17. The van der Waals surface area contributed by atoms with Crippen LogP contribution in [-0.4, -0.2) is 23.8 Å². The van der Waals surface area contributed by atoms with Crippen molar-refractivity contribution in [3.63, 3.8) is 0 Å². The smallest absolute Gasteiger partial charge is 0.271 e. The Hall–Kier alpha value is -3.34. The Labute approximate surface area is 145 Å². The van der Waals surface area contributed by atoms with E-state index in [9.17, 15) is 9.90 Å². The molecular weight excluding hydrogens is 316 g/mol. The fourth-order valence-corrected chi connectivity index (χ4v) is 2.51. The maximum Gasteiger partial charge on any atom is 0.271 e. The largest absolute Gasteiger partial charge is 0.507 e. The van der Waals surface area contributed by atoms with Crippen LogP contribution in [0.15, 0.2) is 65.8 Å². The third kappa shape index (κ3) is 3.77. The first-order chi connectivity index (χ1) is 12.2. The number of aromatic hydroxyl groups is 1. The van der Waals surface area contributed by atoms with Crippen molar-refractivity contribution in [2.45, 2.75) is 6.92 Å². The van der Waals surface area contributed by atoms with Crippen LogP contribution in [0.25, 0.3) is 10.8 Å². The molecule has 0 aromatic heterocycles. The van der Waals surface area contributed by atoms with E-state index in [1.54, 1.807) is 30.3 Å². The number of fused-ring (bicyclic) bond motifs is 1. The highest BCUT2D eigenvalue weighted by atomic mass is 16.5. The quantitative estimate of drug-likeness (QED) is 0.552. The highest BCUT2D eigenvalue weighted by Crippen LogP contribution is 2.25. The Morgan fingerprint density at radius 2 is 1.88 bits per heavy atom. The molecule has 0 atom stereocenters. The number of rotatable bonds is 5. The molecule has 0 radical (unpaired) electrons. The summed E-state index contributed by atoms with van der Waals surface area (Å²) in [5.74, 6) is 0.486. The molecule has 126 valence electrons. The maximum absolute atomic E-state index is 12.1. The van der Waals surface area contributed by atoms with Gasteiger partial charge in [-0.15, -0.1) is 0 Å². The van der Waals surface area contributed by atoms with Crippen molar-refractivity contribution in [2.24, 2.45) is 5.10 Å². The van der Waals surface area contributed by atoms with Crippen LogP contribution in [0.2, 0.25) is 0 Å². The predicted octanol–water partition coefficient (Wildman–Crippen LogP) is 3.71. The highest BCUT2D eigenvalue weighted by Gasteiger charge is 2.06. The molecule has 0 unspecified atom stereocenters. The van der Waals surface area contributed by atoms with Crippen LogP contribution in [0.1, 0.15) is 22.8 Å². The molecule has 0 aliphatic carbocycles. The number of carbonyl (C=O) groups excluding carboxylic acids is 1. The first kappa shape index (κ1) is 16.5. The third-order valence-corrected chi connectivity index (χ3v) is 3.73. The molecule has 5 heteroatoms. The van der Waals surface area contributed by atoms with Crippen molar-refractivity contribution >= 4 is 22.9 Å². The molecule has 0 fully saturated rings. The van der Waals surface area contributed by atoms with Crippen molar-refractivity contribution in [2.75, 3.05) is 6.61 Å². The minimum atomic E-state index is -0.334. The van der Waals surface area contributed by atoms with E-state index in [0.717, 1.165) is 10.8 Å². The maximum atomic E-state index is 12.1. The van der Waals surface area contributed by atoms with Gasteiger partial charge >= 0.3 is 0 Å². The van der Waals surface area contributed by atoms with Crippen LogP contribution in [0.4, 0.5) is 0 Å². The summed E-state index contributed by atoms with van der Waals surface area (Å²) in [6, 6.07) is 17.9. The van der Waals surface area contributed by atoms with Gasteiger partial charge in [0.05, 0.1) is 12.8 Å². The van der Waals surface area contributed by atoms with Gasteiger partial charge in [0, 0.05) is 11.1 Å². The number of phenolic OH excluding ortho intramolecular Hbond substituents is 1. The second-order valence-electron chi connectivity index (χ2n) is 5.38. The van der Waals surface area contributed by atoms with E-state index in [0.29, 0.717) is 23.5 Å². The summed E-state index contributed by atoms with van der Waals surface area (Å²) in [6.07, 6.45) is 1.45. The van der Waals surface area contributed by atoms with Gasteiger partial charge < -0.3 is 9.84 Å². The second kappa shape index (κ2) is 7.49. The summed E-state index contributed by atoms with van der Waals surface area (Å²) < 4.78 is 5.34. The molecule has 3 aromatic carbocycles. The van der Waals surface area contributed by atoms with E-state index < -0.39 is 0 Å². The highest BCUT2D eigenvalue weighted by molar-refractivity contribution is 6.03. The monoisotopic (exact) mass is 334 g/mol. The molecule has 0 aliphatic rings. The molecule has 3 aromatic rings. The van der Waals surface area contributed by atoms with Crippen molar-refractivity contribution in [1.29, 1.82) is 0 Å². The number of nitrogens with one attached hydrogen (secondary N) is 1. The SMILES string of the molecule is CCOc1ccc(C(=O)NN=Cc2c(O)ccc3ccccc23)cc1. The van der Waals surface area contributed by atoms with Crippen LogP contribution >= 0.6 is 0 Å². The normalized spacial score (nSPS) is 10.9. The standard InChI is InChI=1S/C20H18N2O3/c1-2-25-16-10-7-15(8-11-16)20(24)22-21-13-18-17-6-4-3-5-14(17)9-12-19(18)23/h3-13,23H,2H2,1H3,(H,22,24). The molecule has 0 saturated heterocycles. The predicted molar refractivity (Wildman–Crippen MR) is 98.3 cm³/mol. The minimum absolute atomic E-state index is 0.109. The zero-order valence-corrected chi connectivity index (χ0v) is 13.8. The zero-order chi connectivity index (χ0) is 17.6. The summed E-state index contributed by atoms with van der Waals surface area (Å²) in [5.41, 5.74) is 3.50. The lowest BCUT2D eigenvalue weighted by molar-refractivity contribution is 0.0955. The van der Waals surface area contributed by atoms with Crippen LogP contribution < -0.4 is 10.2 Å². The van der Waals surface area contributed by atoms with Gasteiger partial charge in [-0.25, -0.2) is 5.43 Å². The van der Waals surface area contributed by atoms with Crippen molar-refractivity contribution in [3.05, 3.63) is 71.8 Å². The number of hydrogen-bond acceptors (Lipinski definition) is 4. The number of nitrogens with zero attached hydrogens (tertiary/aromatic N) is 1. The molecule has 0 saturated carbocycles. The van der Waals surface area contributed by atoms with Gasteiger partial charge in [-0.3, -0.25) is 4.79 Å². The van der Waals surface area contributed by atoms with Gasteiger partial charge in [-0.05, 0) is 48.0 Å². The van der Waals surface area contributed by atoms with Crippen LogP contribution in [0.3, 0.4) is 0 Å².